The van der Waals surface area contributed by atoms with Crippen molar-refractivity contribution < 1.29 is 9.53 Å². The van der Waals surface area contributed by atoms with Gasteiger partial charge in [-0.3, -0.25) is 9.69 Å². The van der Waals surface area contributed by atoms with Crippen molar-refractivity contribution in [1.29, 1.82) is 0 Å². The smallest absolute Gasteiger partial charge is 0.250 e. The van der Waals surface area contributed by atoms with Crippen molar-refractivity contribution >= 4 is 5.91 Å². The summed E-state index contributed by atoms with van der Waals surface area (Å²) in [6.45, 7) is 7.28. The van der Waals surface area contributed by atoms with Gasteiger partial charge in [-0.25, -0.2) is 0 Å². The second-order valence-electron chi connectivity index (χ2n) is 4.01. The lowest BCUT2D eigenvalue weighted by molar-refractivity contribution is -0.137. The van der Waals surface area contributed by atoms with E-state index in [2.05, 4.69) is 30.1 Å². The molecule has 1 fully saturated rings. The number of allylic oxidation sites excluding steroid dienone is 1. The van der Waals surface area contributed by atoms with E-state index in [0.717, 1.165) is 13.1 Å². The third kappa shape index (κ3) is 4.01. The Hall–Kier alpha value is -0.870. The molecule has 1 saturated heterocycles. The maximum Gasteiger partial charge on any atom is 0.250 e. The van der Waals surface area contributed by atoms with E-state index in [1.54, 1.807) is 7.05 Å². The molecule has 4 nitrogen and oxygen atoms in total. The van der Waals surface area contributed by atoms with E-state index in [4.69, 9.17) is 4.74 Å². The van der Waals surface area contributed by atoms with Gasteiger partial charge in [-0.1, -0.05) is 11.6 Å². The number of ether oxygens (including phenoxy) is 1. The minimum Gasteiger partial charge on any atom is -0.366 e. The van der Waals surface area contributed by atoms with Crippen LogP contribution in [0.3, 0.4) is 0 Å². The quantitative estimate of drug-likeness (QED) is 0.688. The number of hydrogen-bond donors (Lipinski definition) is 1. The van der Waals surface area contributed by atoms with Crippen LogP contribution in [-0.2, 0) is 9.53 Å². The van der Waals surface area contributed by atoms with E-state index in [1.165, 1.54) is 5.57 Å². The molecular formula is C11H20N2O2. The van der Waals surface area contributed by atoms with Crippen LogP contribution in [0.2, 0.25) is 0 Å². The van der Waals surface area contributed by atoms with E-state index in [0.29, 0.717) is 13.2 Å². The van der Waals surface area contributed by atoms with E-state index in [9.17, 15) is 4.79 Å². The number of amides is 1. The lowest BCUT2D eigenvalue weighted by Gasteiger charge is -2.31. The molecule has 0 aromatic rings. The fourth-order valence-electron chi connectivity index (χ4n) is 1.50. The van der Waals surface area contributed by atoms with Gasteiger partial charge in [-0.15, -0.1) is 0 Å². The number of nitrogens with one attached hydrogen (secondary N) is 1. The highest BCUT2D eigenvalue weighted by atomic mass is 16.5. The summed E-state index contributed by atoms with van der Waals surface area (Å²) in [5.74, 6) is -0.0306. The maximum absolute atomic E-state index is 11.4. The van der Waals surface area contributed by atoms with Crippen LogP contribution < -0.4 is 5.32 Å². The average molecular weight is 212 g/mol. The summed E-state index contributed by atoms with van der Waals surface area (Å²) in [5, 5.41) is 2.61. The van der Waals surface area contributed by atoms with Crippen molar-refractivity contribution in [2.24, 2.45) is 0 Å². The van der Waals surface area contributed by atoms with Crippen LogP contribution in [-0.4, -0.2) is 50.2 Å². The standard InChI is InChI=1S/C11H20N2O2/c1-9(2)4-5-13-6-7-15-10(8-13)11(14)12-3/h4,10H,5-8H2,1-3H3,(H,12,14)/t10-/m1/s1. The summed E-state index contributed by atoms with van der Waals surface area (Å²) in [4.78, 5) is 13.6. The first-order chi connectivity index (χ1) is 7.13. The van der Waals surface area contributed by atoms with Gasteiger partial charge in [0, 0.05) is 26.7 Å². The fraction of sp³-hybridized carbons (Fsp3) is 0.727. The zero-order valence-electron chi connectivity index (χ0n) is 9.75. The van der Waals surface area contributed by atoms with E-state index < -0.39 is 0 Å². The van der Waals surface area contributed by atoms with Crippen molar-refractivity contribution in [3.8, 4) is 0 Å². The normalized spacial score (nSPS) is 22.2. The Bertz CT molecular complexity index is 247. The van der Waals surface area contributed by atoms with Gasteiger partial charge in [0.15, 0.2) is 0 Å². The molecule has 1 atom stereocenters. The molecule has 4 heteroatoms. The number of morpholine rings is 1. The predicted octanol–water partition coefficient (Wildman–Crippen LogP) is 0.399. The first-order valence-corrected chi connectivity index (χ1v) is 5.32. The third-order valence-corrected chi connectivity index (χ3v) is 2.45. The second-order valence-corrected chi connectivity index (χ2v) is 4.01. The Labute approximate surface area is 91.3 Å². The number of nitrogens with zero attached hydrogens (tertiary/aromatic N) is 1. The highest BCUT2D eigenvalue weighted by Crippen LogP contribution is 2.05. The molecule has 0 aromatic carbocycles. The lowest BCUT2D eigenvalue weighted by atomic mass is 10.2. The van der Waals surface area contributed by atoms with Crippen molar-refractivity contribution in [3.63, 3.8) is 0 Å². The number of hydrogen-bond acceptors (Lipinski definition) is 3. The van der Waals surface area contributed by atoms with E-state index in [1.807, 2.05) is 0 Å². The van der Waals surface area contributed by atoms with Gasteiger partial charge in [0.25, 0.3) is 0 Å². The summed E-state index contributed by atoms with van der Waals surface area (Å²) >= 11 is 0. The monoisotopic (exact) mass is 212 g/mol. The topological polar surface area (TPSA) is 41.6 Å². The van der Waals surface area contributed by atoms with Gasteiger partial charge in [-0.2, -0.15) is 0 Å². The summed E-state index contributed by atoms with van der Waals surface area (Å²) in [7, 11) is 1.64. The minimum absolute atomic E-state index is 0.0306. The maximum atomic E-state index is 11.4. The van der Waals surface area contributed by atoms with E-state index >= 15 is 0 Å². The summed E-state index contributed by atoms with van der Waals surface area (Å²) in [6.07, 6.45) is 1.86. The number of likely N-dealkylation sites (N-methyl/N-ethyl adjacent to an activating group) is 1. The number of carbonyl (C=O) groups is 1. The van der Waals surface area contributed by atoms with Gasteiger partial charge < -0.3 is 10.1 Å². The van der Waals surface area contributed by atoms with Gasteiger partial charge in [-0.05, 0) is 13.8 Å². The van der Waals surface area contributed by atoms with E-state index in [-0.39, 0.29) is 12.0 Å². The summed E-state index contributed by atoms with van der Waals surface area (Å²) in [5.41, 5.74) is 1.30. The Kier molecular flexibility index (Phi) is 4.78. The molecule has 0 radical (unpaired) electrons. The predicted molar refractivity (Wildman–Crippen MR) is 59.7 cm³/mol. The highest BCUT2D eigenvalue weighted by molar-refractivity contribution is 5.80. The fourth-order valence-corrected chi connectivity index (χ4v) is 1.50. The molecule has 0 bridgehead atoms. The molecule has 1 rings (SSSR count). The molecule has 15 heavy (non-hydrogen) atoms. The zero-order valence-corrected chi connectivity index (χ0v) is 9.75. The number of rotatable bonds is 3. The molecule has 0 saturated carbocycles. The van der Waals surface area contributed by atoms with Crippen molar-refractivity contribution in [1.82, 2.24) is 10.2 Å². The molecule has 0 spiro atoms. The first kappa shape index (κ1) is 12.2. The molecular weight excluding hydrogens is 192 g/mol. The molecule has 1 aliphatic heterocycles. The molecule has 0 unspecified atom stereocenters. The van der Waals surface area contributed by atoms with Crippen LogP contribution in [0.5, 0.6) is 0 Å². The van der Waals surface area contributed by atoms with Gasteiger partial charge in [0.2, 0.25) is 5.91 Å². The molecule has 86 valence electrons. The summed E-state index contributed by atoms with van der Waals surface area (Å²) < 4.78 is 5.39. The molecule has 1 heterocycles. The van der Waals surface area contributed by atoms with Crippen LogP contribution in [0.25, 0.3) is 0 Å². The molecule has 0 aromatic heterocycles. The van der Waals surface area contributed by atoms with Crippen LogP contribution in [0.4, 0.5) is 0 Å². The second kappa shape index (κ2) is 5.88. The lowest BCUT2D eigenvalue weighted by Crippen LogP contribution is -2.49. The van der Waals surface area contributed by atoms with Gasteiger partial charge in [0.1, 0.15) is 6.10 Å². The summed E-state index contributed by atoms with van der Waals surface area (Å²) in [6, 6.07) is 0. The van der Waals surface area contributed by atoms with Crippen molar-refractivity contribution in [2.45, 2.75) is 20.0 Å². The zero-order chi connectivity index (χ0) is 11.3. The average Bonchev–Trinajstić information content (AvgIpc) is 2.25. The minimum atomic E-state index is -0.311. The third-order valence-electron chi connectivity index (χ3n) is 2.45. The first-order valence-electron chi connectivity index (χ1n) is 5.32. The Morgan fingerprint density at radius 3 is 2.93 bits per heavy atom. The van der Waals surface area contributed by atoms with Gasteiger partial charge >= 0.3 is 0 Å². The van der Waals surface area contributed by atoms with Gasteiger partial charge in [0.05, 0.1) is 6.61 Å². The Morgan fingerprint density at radius 1 is 1.60 bits per heavy atom. The Balaban J connectivity index is 2.42. The van der Waals surface area contributed by atoms with Crippen LogP contribution in [0.1, 0.15) is 13.8 Å². The van der Waals surface area contributed by atoms with Crippen LogP contribution >= 0.6 is 0 Å². The van der Waals surface area contributed by atoms with Crippen LogP contribution in [0.15, 0.2) is 11.6 Å². The number of carbonyl (C=O) groups excluding carboxylic acids is 1. The highest BCUT2D eigenvalue weighted by Gasteiger charge is 2.24. The molecule has 1 amide bonds. The Morgan fingerprint density at radius 2 is 2.33 bits per heavy atom. The van der Waals surface area contributed by atoms with Crippen molar-refractivity contribution in [3.05, 3.63) is 11.6 Å². The largest absolute Gasteiger partial charge is 0.366 e. The van der Waals surface area contributed by atoms with Crippen LogP contribution in [0, 0.1) is 0 Å². The molecule has 1 aliphatic rings. The van der Waals surface area contributed by atoms with Crippen molar-refractivity contribution in [2.75, 3.05) is 33.3 Å². The molecule has 1 N–H and O–H groups in total. The SMILES string of the molecule is CNC(=O)[C@H]1CN(CC=C(C)C)CCO1. The molecule has 0 aliphatic carbocycles.